The zero-order valence-corrected chi connectivity index (χ0v) is 32.8. The third kappa shape index (κ3) is 36.9. The summed E-state index contributed by atoms with van der Waals surface area (Å²) in [5.41, 5.74) is 0. The van der Waals surface area contributed by atoms with Crippen molar-refractivity contribution in [3.05, 3.63) is 0 Å². The van der Waals surface area contributed by atoms with Gasteiger partial charge in [-0.1, -0.05) is 72.6 Å². The SMILES string of the molecule is CCCCCCCCNC.CCN(CC)CC.CN(C)CCCCCCN(C)P(C)(=O)N(C)C.CN(C)P(=O)(Cl)Cl. The fraction of sp³-hybridized carbons (Fsp3) is 1.00. The summed E-state index contributed by atoms with van der Waals surface area (Å²) in [6.07, 6.45) is 13.3. The van der Waals surface area contributed by atoms with E-state index in [0.29, 0.717) is 0 Å². The average molecular weight is 670 g/mol. The highest BCUT2D eigenvalue weighted by atomic mass is 35.9. The summed E-state index contributed by atoms with van der Waals surface area (Å²) >= 11 is 10.2. The third-order valence-corrected chi connectivity index (χ3v) is 12.5. The molecular weight excluding hydrogens is 597 g/mol. The molecule has 1 atom stereocenters. The minimum Gasteiger partial charge on any atom is -0.320 e. The Morgan fingerprint density at radius 3 is 1.32 bits per heavy atom. The van der Waals surface area contributed by atoms with Crippen molar-refractivity contribution in [3.8, 4) is 0 Å². The lowest BCUT2D eigenvalue weighted by Crippen LogP contribution is -2.24. The second-order valence-electron chi connectivity index (χ2n) is 11.1. The van der Waals surface area contributed by atoms with Crippen molar-refractivity contribution in [2.45, 2.75) is 91.9 Å². The number of hydrogen-bond acceptors (Lipinski definition) is 5. The predicted molar refractivity (Wildman–Crippen MR) is 191 cm³/mol. The molecule has 0 radical (unpaired) electrons. The number of nitrogens with zero attached hydrogens (tertiary/aromatic N) is 5. The van der Waals surface area contributed by atoms with Gasteiger partial charge in [0, 0.05) is 13.2 Å². The van der Waals surface area contributed by atoms with Crippen molar-refractivity contribution in [2.75, 3.05) is 102 Å². The van der Waals surface area contributed by atoms with E-state index in [1.807, 2.05) is 44.2 Å². The van der Waals surface area contributed by atoms with Crippen molar-refractivity contribution in [3.63, 3.8) is 0 Å². The normalized spacial score (nSPS) is 13.0. The second kappa shape index (κ2) is 32.2. The molecule has 12 heteroatoms. The lowest BCUT2D eigenvalue weighted by molar-refractivity contribution is 0.321. The van der Waals surface area contributed by atoms with Crippen LogP contribution in [0, 0.1) is 0 Å². The van der Waals surface area contributed by atoms with E-state index in [0.717, 1.165) is 13.0 Å². The van der Waals surface area contributed by atoms with Gasteiger partial charge in [-0.05, 0) is 131 Å². The van der Waals surface area contributed by atoms with E-state index in [9.17, 15) is 9.13 Å². The van der Waals surface area contributed by atoms with Crippen molar-refractivity contribution < 1.29 is 9.13 Å². The van der Waals surface area contributed by atoms with Gasteiger partial charge < -0.3 is 15.1 Å². The molecule has 254 valence electrons. The van der Waals surface area contributed by atoms with E-state index in [1.165, 1.54) is 95.2 Å². The molecule has 41 heavy (non-hydrogen) atoms. The van der Waals surface area contributed by atoms with Crippen LogP contribution in [0.2, 0.25) is 0 Å². The monoisotopic (exact) mass is 668 g/mol. The lowest BCUT2D eigenvalue weighted by atomic mass is 10.1. The summed E-state index contributed by atoms with van der Waals surface area (Å²) in [6.45, 7) is 17.5. The molecule has 0 spiro atoms. The van der Waals surface area contributed by atoms with Crippen LogP contribution in [-0.2, 0) is 9.13 Å². The highest BCUT2D eigenvalue weighted by molar-refractivity contribution is 8.06. The Labute approximate surface area is 267 Å². The maximum Gasteiger partial charge on any atom is 0.321 e. The van der Waals surface area contributed by atoms with Gasteiger partial charge in [0.2, 0.25) is 7.44 Å². The first kappa shape index (κ1) is 48.7. The second-order valence-corrected chi connectivity index (χ2v) is 19.1. The van der Waals surface area contributed by atoms with E-state index in [4.69, 9.17) is 22.5 Å². The predicted octanol–water partition coefficient (Wildman–Crippen LogP) is 8.47. The van der Waals surface area contributed by atoms with Gasteiger partial charge in [-0.15, -0.1) is 0 Å². The Morgan fingerprint density at radius 1 is 0.610 bits per heavy atom. The van der Waals surface area contributed by atoms with Crippen LogP contribution in [0.1, 0.15) is 91.9 Å². The first-order chi connectivity index (χ1) is 19.0. The van der Waals surface area contributed by atoms with E-state index >= 15 is 0 Å². The first-order valence-electron chi connectivity index (χ1n) is 15.6. The van der Waals surface area contributed by atoms with Gasteiger partial charge in [0.15, 0.2) is 0 Å². The van der Waals surface area contributed by atoms with Crippen LogP contribution in [-0.4, -0.2) is 126 Å². The summed E-state index contributed by atoms with van der Waals surface area (Å²) in [4.78, 5) is 4.60. The molecule has 0 amide bonds. The van der Waals surface area contributed by atoms with Crippen LogP contribution in [0.3, 0.4) is 0 Å². The van der Waals surface area contributed by atoms with Gasteiger partial charge in [-0.2, -0.15) is 0 Å². The summed E-state index contributed by atoms with van der Waals surface area (Å²) in [5.74, 6) is -2.96. The number of rotatable bonds is 20. The van der Waals surface area contributed by atoms with Gasteiger partial charge in [-0.3, -0.25) is 9.13 Å². The highest BCUT2D eigenvalue weighted by Crippen LogP contribution is 2.57. The van der Waals surface area contributed by atoms with Crippen molar-refractivity contribution >= 4 is 35.9 Å². The van der Waals surface area contributed by atoms with Crippen LogP contribution in [0.15, 0.2) is 0 Å². The van der Waals surface area contributed by atoms with Crippen LogP contribution in [0.5, 0.6) is 0 Å². The minimum absolute atomic E-state index is 0.925. The van der Waals surface area contributed by atoms with Crippen LogP contribution >= 0.6 is 35.9 Å². The molecule has 0 aromatic heterocycles. The average Bonchev–Trinajstić information content (AvgIpc) is 2.89. The molecule has 0 saturated carbocycles. The van der Waals surface area contributed by atoms with Crippen molar-refractivity contribution in [1.82, 2.24) is 29.1 Å². The molecule has 0 aromatic rings. The highest BCUT2D eigenvalue weighted by Gasteiger charge is 2.23. The molecule has 8 nitrogen and oxygen atoms in total. The number of halogens is 2. The largest absolute Gasteiger partial charge is 0.321 e. The van der Waals surface area contributed by atoms with Gasteiger partial charge in [-0.25, -0.2) is 14.0 Å². The van der Waals surface area contributed by atoms with Gasteiger partial charge in [0.05, 0.1) is 0 Å². The summed E-state index contributed by atoms with van der Waals surface area (Å²) in [5, 5.41) is 3.16. The molecule has 0 heterocycles. The molecule has 0 aliphatic heterocycles. The lowest BCUT2D eigenvalue weighted by Gasteiger charge is -2.30. The minimum atomic E-state index is -2.96. The van der Waals surface area contributed by atoms with E-state index in [2.05, 4.69) is 56.9 Å². The number of hydrogen-bond donors (Lipinski definition) is 1. The molecule has 1 N–H and O–H groups in total. The first-order valence-corrected chi connectivity index (χ1v) is 21.2. The standard InChI is InChI=1S/C12H30N3OP.C9H21N.C6H15N.C2H6Cl2NOP/c1-13(2)11-9-7-8-10-12-15(5)17(6,16)14(3)4;1-3-4-5-6-7-8-9-10-2;1-4-7(5-2)6-3;1-5(2)7(3,4)6/h7-12H2,1-6H3;10H,3-9H2,1-2H3;4-6H2,1-3H3;1-2H3. The molecule has 0 saturated heterocycles. The van der Waals surface area contributed by atoms with Crippen molar-refractivity contribution in [1.29, 1.82) is 0 Å². The Kier molecular flexibility index (Phi) is 38.2. The fourth-order valence-electron chi connectivity index (χ4n) is 3.37. The molecular formula is C29H72Cl2N6O2P2. The van der Waals surface area contributed by atoms with Crippen molar-refractivity contribution in [2.24, 2.45) is 0 Å². The number of unbranched alkanes of at least 4 members (excludes halogenated alkanes) is 8. The molecule has 0 fully saturated rings. The van der Waals surface area contributed by atoms with E-state index in [-0.39, 0.29) is 0 Å². The van der Waals surface area contributed by atoms with Crippen LogP contribution in [0.25, 0.3) is 0 Å². The van der Waals surface area contributed by atoms with Crippen LogP contribution < -0.4 is 5.32 Å². The topological polar surface area (TPSA) is 62.4 Å². The Balaban J connectivity index is -0.000000242. The summed E-state index contributed by atoms with van der Waals surface area (Å²) in [6, 6.07) is 0. The molecule has 0 aliphatic carbocycles. The number of nitrogens with one attached hydrogen (secondary N) is 1. The van der Waals surface area contributed by atoms with Gasteiger partial charge in [0.1, 0.15) is 0 Å². The smallest absolute Gasteiger partial charge is 0.320 e. The summed E-state index contributed by atoms with van der Waals surface area (Å²) in [7, 11) is 12.8. The summed E-state index contributed by atoms with van der Waals surface area (Å²) < 4.78 is 27.7. The van der Waals surface area contributed by atoms with E-state index < -0.39 is 13.4 Å². The van der Waals surface area contributed by atoms with Crippen LogP contribution in [0.4, 0.5) is 0 Å². The maximum absolute atomic E-state index is 12.3. The maximum atomic E-state index is 12.3. The molecule has 0 rings (SSSR count). The van der Waals surface area contributed by atoms with E-state index in [1.54, 1.807) is 14.1 Å². The molecule has 1 unspecified atom stereocenters. The van der Waals surface area contributed by atoms with Gasteiger partial charge in [0.25, 0.3) is 0 Å². The molecule has 0 aliphatic rings. The Bertz CT molecular complexity index is 609. The fourth-order valence-corrected chi connectivity index (χ4v) is 4.49. The molecule has 0 bridgehead atoms. The Morgan fingerprint density at radius 2 is 1.00 bits per heavy atom. The zero-order valence-electron chi connectivity index (χ0n) is 29.5. The molecule has 0 aromatic carbocycles. The third-order valence-electron chi connectivity index (χ3n) is 6.80. The zero-order chi connectivity index (χ0) is 32.9. The Hall–Kier alpha value is 0.800. The quantitative estimate of drug-likeness (QED) is 0.102. The van der Waals surface area contributed by atoms with Gasteiger partial charge >= 0.3 is 6.00 Å².